The Balaban J connectivity index is 1.47. The number of carbonyl (C=O) groups excluding carboxylic acids is 1. The molecular weight excluding hydrogens is 390 g/mol. The summed E-state index contributed by atoms with van der Waals surface area (Å²) in [5.41, 5.74) is 2.27. The number of amides is 1. The zero-order valence-electron chi connectivity index (χ0n) is 17.2. The fourth-order valence-corrected chi connectivity index (χ4v) is 3.59. The van der Waals surface area contributed by atoms with Crippen molar-refractivity contribution in [3.05, 3.63) is 94.8 Å². The van der Waals surface area contributed by atoms with E-state index >= 15 is 0 Å². The van der Waals surface area contributed by atoms with Crippen molar-refractivity contribution >= 4 is 16.7 Å². The van der Waals surface area contributed by atoms with Crippen LogP contribution in [0.25, 0.3) is 22.0 Å². The molecule has 1 N–H and O–H groups in total. The first-order valence-corrected chi connectivity index (χ1v) is 10.1. The topological polar surface area (TPSA) is 73.2 Å². The second-order valence-electron chi connectivity index (χ2n) is 7.15. The molecular formula is C25H23N3O3. The number of para-hydroxylation sites is 1. The van der Waals surface area contributed by atoms with Gasteiger partial charge in [0.2, 0.25) is 5.91 Å². The highest BCUT2D eigenvalue weighted by Gasteiger charge is 2.10. The van der Waals surface area contributed by atoms with E-state index < -0.39 is 0 Å². The maximum atomic E-state index is 12.4. The van der Waals surface area contributed by atoms with Crippen LogP contribution in [0.5, 0.6) is 5.75 Å². The first-order chi connectivity index (χ1) is 15.2. The minimum atomic E-state index is -0.316. The van der Waals surface area contributed by atoms with Crippen LogP contribution in [0.15, 0.2) is 83.7 Å². The molecule has 1 amide bonds. The molecule has 31 heavy (non-hydrogen) atoms. The van der Waals surface area contributed by atoms with Gasteiger partial charge in [-0.2, -0.15) is 5.10 Å². The molecule has 0 fully saturated rings. The third kappa shape index (κ3) is 4.64. The fraction of sp³-hybridized carbons (Fsp3) is 0.160. The molecule has 0 aliphatic heterocycles. The predicted octanol–water partition coefficient (Wildman–Crippen LogP) is 3.43. The first kappa shape index (κ1) is 20.3. The smallest absolute Gasteiger partial charge is 0.267 e. The summed E-state index contributed by atoms with van der Waals surface area (Å²) in [6, 6.07) is 24.8. The van der Waals surface area contributed by atoms with Gasteiger partial charge in [-0.1, -0.05) is 60.7 Å². The van der Waals surface area contributed by atoms with Crippen molar-refractivity contribution in [3.8, 4) is 17.0 Å². The summed E-state index contributed by atoms with van der Waals surface area (Å²) < 4.78 is 6.54. The third-order valence-electron chi connectivity index (χ3n) is 5.13. The highest BCUT2D eigenvalue weighted by atomic mass is 16.5. The third-order valence-corrected chi connectivity index (χ3v) is 5.13. The number of hydrogen-bond donors (Lipinski definition) is 1. The average Bonchev–Trinajstić information content (AvgIpc) is 2.80. The standard InChI is InChI=1S/C25H23N3O3/c1-31-23-12-5-3-8-19(23)15-16-26-24(29)17-28-25(30)14-13-22(27-28)21-11-6-9-18-7-2-4-10-20(18)21/h2-14H,15-17H2,1H3,(H,26,29). The van der Waals surface area contributed by atoms with Gasteiger partial charge in [0.05, 0.1) is 12.8 Å². The molecule has 0 unspecified atom stereocenters. The molecule has 0 aliphatic carbocycles. The zero-order valence-corrected chi connectivity index (χ0v) is 17.2. The van der Waals surface area contributed by atoms with Gasteiger partial charge in [0.25, 0.3) is 5.56 Å². The summed E-state index contributed by atoms with van der Waals surface area (Å²) in [6.07, 6.45) is 0.633. The summed E-state index contributed by atoms with van der Waals surface area (Å²) in [5.74, 6) is 0.525. The van der Waals surface area contributed by atoms with Gasteiger partial charge < -0.3 is 10.1 Å². The molecule has 6 heteroatoms. The SMILES string of the molecule is COc1ccccc1CCNC(=O)Cn1nc(-c2cccc3ccccc23)ccc1=O. The van der Waals surface area contributed by atoms with Crippen LogP contribution in [0.2, 0.25) is 0 Å². The zero-order chi connectivity index (χ0) is 21.6. The molecule has 4 aromatic rings. The second kappa shape index (κ2) is 9.26. The number of carbonyl (C=O) groups is 1. The predicted molar refractivity (Wildman–Crippen MR) is 121 cm³/mol. The maximum absolute atomic E-state index is 12.4. The molecule has 6 nitrogen and oxygen atoms in total. The Morgan fingerprint density at radius 1 is 0.968 bits per heavy atom. The second-order valence-corrected chi connectivity index (χ2v) is 7.15. The molecule has 0 bridgehead atoms. The Morgan fingerprint density at radius 2 is 1.74 bits per heavy atom. The lowest BCUT2D eigenvalue weighted by molar-refractivity contribution is -0.121. The minimum Gasteiger partial charge on any atom is -0.496 e. The minimum absolute atomic E-state index is 0.136. The fourth-order valence-electron chi connectivity index (χ4n) is 3.59. The van der Waals surface area contributed by atoms with E-state index in [0.29, 0.717) is 18.7 Å². The van der Waals surface area contributed by atoms with Crippen molar-refractivity contribution in [2.24, 2.45) is 0 Å². The first-order valence-electron chi connectivity index (χ1n) is 10.1. The van der Waals surface area contributed by atoms with Crippen LogP contribution in [0.4, 0.5) is 0 Å². The normalized spacial score (nSPS) is 10.7. The number of nitrogens with one attached hydrogen (secondary N) is 1. The van der Waals surface area contributed by atoms with Crippen molar-refractivity contribution in [1.82, 2.24) is 15.1 Å². The quantitative estimate of drug-likeness (QED) is 0.504. The average molecular weight is 413 g/mol. The number of fused-ring (bicyclic) bond motifs is 1. The van der Waals surface area contributed by atoms with Gasteiger partial charge in [0, 0.05) is 18.2 Å². The van der Waals surface area contributed by atoms with E-state index in [-0.39, 0.29) is 18.0 Å². The molecule has 0 spiro atoms. The van der Waals surface area contributed by atoms with Gasteiger partial charge in [-0.25, -0.2) is 4.68 Å². The van der Waals surface area contributed by atoms with Crippen LogP contribution in [0, 0.1) is 0 Å². The molecule has 0 aliphatic rings. The molecule has 1 aromatic heterocycles. The summed E-state index contributed by atoms with van der Waals surface area (Å²) in [6.45, 7) is 0.306. The Labute approximate surface area is 180 Å². The molecule has 0 saturated heterocycles. The van der Waals surface area contributed by atoms with Gasteiger partial charge in [-0.15, -0.1) is 0 Å². The Bertz CT molecular complexity index is 1270. The van der Waals surface area contributed by atoms with Crippen molar-refractivity contribution in [2.75, 3.05) is 13.7 Å². The highest BCUT2D eigenvalue weighted by molar-refractivity contribution is 5.95. The van der Waals surface area contributed by atoms with E-state index in [9.17, 15) is 9.59 Å². The molecule has 0 radical (unpaired) electrons. The van der Waals surface area contributed by atoms with Gasteiger partial charge in [0.15, 0.2) is 0 Å². The number of methoxy groups -OCH3 is 1. The lowest BCUT2D eigenvalue weighted by Crippen LogP contribution is -2.34. The van der Waals surface area contributed by atoms with E-state index in [0.717, 1.165) is 27.6 Å². The van der Waals surface area contributed by atoms with Crippen LogP contribution in [-0.4, -0.2) is 29.3 Å². The Hall–Kier alpha value is -3.93. The van der Waals surface area contributed by atoms with Crippen LogP contribution in [0.1, 0.15) is 5.56 Å². The number of ether oxygens (including phenoxy) is 1. The largest absolute Gasteiger partial charge is 0.496 e. The molecule has 3 aromatic carbocycles. The maximum Gasteiger partial charge on any atom is 0.267 e. The van der Waals surface area contributed by atoms with E-state index in [2.05, 4.69) is 10.4 Å². The summed E-state index contributed by atoms with van der Waals surface area (Å²) >= 11 is 0. The van der Waals surface area contributed by atoms with Crippen molar-refractivity contribution in [3.63, 3.8) is 0 Å². The van der Waals surface area contributed by atoms with Crippen LogP contribution < -0.4 is 15.6 Å². The van der Waals surface area contributed by atoms with Crippen LogP contribution >= 0.6 is 0 Å². The molecule has 4 rings (SSSR count). The van der Waals surface area contributed by atoms with E-state index in [1.807, 2.05) is 66.7 Å². The number of hydrogen-bond acceptors (Lipinski definition) is 4. The summed E-state index contributed by atoms with van der Waals surface area (Å²) in [4.78, 5) is 24.7. The molecule has 1 heterocycles. The van der Waals surface area contributed by atoms with Crippen molar-refractivity contribution < 1.29 is 9.53 Å². The van der Waals surface area contributed by atoms with Crippen molar-refractivity contribution in [1.29, 1.82) is 0 Å². The number of rotatable bonds is 7. The van der Waals surface area contributed by atoms with Gasteiger partial charge in [-0.05, 0) is 34.9 Å². The van der Waals surface area contributed by atoms with E-state index in [4.69, 9.17) is 4.74 Å². The van der Waals surface area contributed by atoms with Gasteiger partial charge in [0.1, 0.15) is 12.3 Å². The van der Waals surface area contributed by atoms with E-state index in [1.54, 1.807) is 13.2 Å². The number of aromatic nitrogens is 2. The van der Waals surface area contributed by atoms with E-state index in [1.165, 1.54) is 10.7 Å². The Kier molecular flexibility index (Phi) is 6.08. The molecule has 0 atom stereocenters. The lowest BCUT2D eigenvalue weighted by Gasteiger charge is -2.11. The summed E-state index contributed by atoms with van der Waals surface area (Å²) in [7, 11) is 1.62. The number of benzene rings is 3. The van der Waals surface area contributed by atoms with Crippen LogP contribution in [-0.2, 0) is 17.8 Å². The number of nitrogens with zero attached hydrogens (tertiary/aromatic N) is 2. The van der Waals surface area contributed by atoms with Crippen LogP contribution in [0.3, 0.4) is 0 Å². The molecule has 156 valence electrons. The highest BCUT2D eigenvalue weighted by Crippen LogP contribution is 2.26. The molecule has 0 saturated carbocycles. The van der Waals surface area contributed by atoms with Gasteiger partial charge in [-0.3, -0.25) is 9.59 Å². The monoisotopic (exact) mass is 413 g/mol. The Morgan fingerprint density at radius 3 is 2.61 bits per heavy atom. The van der Waals surface area contributed by atoms with Crippen molar-refractivity contribution in [2.45, 2.75) is 13.0 Å². The summed E-state index contributed by atoms with van der Waals surface area (Å²) in [5, 5.41) is 9.44. The lowest BCUT2D eigenvalue weighted by atomic mass is 10.0. The van der Waals surface area contributed by atoms with Gasteiger partial charge >= 0.3 is 0 Å².